The Labute approximate surface area is 157 Å². The zero-order valence-electron chi connectivity index (χ0n) is 14.8. The standard InChI is InChI=1S/C18H23ClN4OS/c1-12(2)17(24)23-9-8-22(11-13(23)3)18-20-16(21-25-18)10-14-4-6-15(19)7-5-14/h4-7,12-13H,8-11H2,1-3H3/t13-/m1/s1. The highest BCUT2D eigenvalue weighted by Crippen LogP contribution is 2.23. The number of amides is 1. The van der Waals surface area contributed by atoms with Crippen LogP contribution in [0.1, 0.15) is 32.2 Å². The summed E-state index contributed by atoms with van der Waals surface area (Å²) in [5, 5.41) is 1.67. The van der Waals surface area contributed by atoms with Crippen LogP contribution in [0.5, 0.6) is 0 Å². The number of carbonyl (C=O) groups excluding carboxylic acids is 1. The summed E-state index contributed by atoms with van der Waals surface area (Å²) < 4.78 is 4.49. The highest BCUT2D eigenvalue weighted by Gasteiger charge is 2.29. The van der Waals surface area contributed by atoms with Crippen molar-refractivity contribution in [2.75, 3.05) is 24.5 Å². The van der Waals surface area contributed by atoms with Crippen LogP contribution in [0.15, 0.2) is 24.3 Å². The molecule has 1 saturated heterocycles. The molecule has 1 fully saturated rings. The number of benzene rings is 1. The van der Waals surface area contributed by atoms with Crippen molar-refractivity contribution in [2.24, 2.45) is 5.92 Å². The van der Waals surface area contributed by atoms with Gasteiger partial charge in [0.1, 0.15) is 5.82 Å². The van der Waals surface area contributed by atoms with E-state index in [2.05, 4.69) is 21.2 Å². The lowest BCUT2D eigenvalue weighted by atomic mass is 10.1. The largest absolute Gasteiger partial charge is 0.343 e. The van der Waals surface area contributed by atoms with Gasteiger partial charge in [-0.25, -0.2) is 4.98 Å². The van der Waals surface area contributed by atoms with Crippen LogP contribution in [0.3, 0.4) is 0 Å². The van der Waals surface area contributed by atoms with Crippen LogP contribution in [-0.2, 0) is 11.2 Å². The maximum Gasteiger partial charge on any atom is 0.225 e. The lowest BCUT2D eigenvalue weighted by Gasteiger charge is -2.40. The number of rotatable bonds is 4. The SMILES string of the molecule is CC(C)C(=O)N1CCN(c2nc(Cc3ccc(Cl)cc3)ns2)C[C@H]1C. The second kappa shape index (κ2) is 7.70. The van der Waals surface area contributed by atoms with Gasteiger partial charge in [-0.05, 0) is 24.6 Å². The van der Waals surface area contributed by atoms with E-state index in [0.717, 1.165) is 41.2 Å². The number of nitrogens with zero attached hydrogens (tertiary/aromatic N) is 4. The lowest BCUT2D eigenvalue weighted by molar-refractivity contribution is -0.136. The van der Waals surface area contributed by atoms with Crippen molar-refractivity contribution >= 4 is 34.2 Å². The summed E-state index contributed by atoms with van der Waals surface area (Å²) >= 11 is 7.36. The van der Waals surface area contributed by atoms with Crippen molar-refractivity contribution in [3.05, 3.63) is 40.7 Å². The van der Waals surface area contributed by atoms with Gasteiger partial charge in [0, 0.05) is 54.6 Å². The van der Waals surface area contributed by atoms with Crippen LogP contribution in [0, 0.1) is 5.92 Å². The first-order valence-electron chi connectivity index (χ1n) is 8.56. The van der Waals surface area contributed by atoms with Gasteiger partial charge in [0.05, 0.1) is 0 Å². The molecule has 0 unspecified atom stereocenters. The van der Waals surface area contributed by atoms with E-state index in [1.807, 2.05) is 43.0 Å². The maximum atomic E-state index is 12.3. The fourth-order valence-corrected chi connectivity index (χ4v) is 3.87. The van der Waals surface area contributed by atoms with Crippen molar-refractivity contribution < 1.29 is 4.79 Å². The molecule has 2 heterocycles. The molecule has 1 aromatic carbocycles. The molecule has 1 amide bonds. The number of carbonyl (C=O) groups is 1. The highest BCUT2D eigenvalue weighted by molar-refractivity contribution is 7.09. The van der Waals surface area contributed by atoms with E-state index in [1.54, 1.807) is 0 Å². The Balaban J connectivity index is 1.63. The smallest absolute Gasteiger partial charge is 0.225 e. The molecule has 7 heteroatoms. The van der Waals surface area contributed by atoms with Gasteiger partial charge in [-0.2, -0.15) is 4.37 Å². The number of piperazine rings is 1. The minimum Gasteiger partial charge on any atom is -0.343 e. The number of halogens is 1. The van der Waals surface area contributed by atoms with E-state index < -0.39 is 0 Å². The molecule has 0 N–H and O–H groups in total. The number of aromatic nitrogens is 2. The lowest BCUT2D eigenvalue weighted by Crippen LogP contribution is -2.55. The van der Waals surface area contributed by atoms with Gasteiger partial charge >= 0.3 is 0 Å². The summed E-state index contributed by atoms with van der Waals surface area (Å²) in [4.78, 5) is 21.2. The Morgan fingerprint density at radius 1 is 1.32 bits per heavy atom. The van der Waals surface area contributed by atoms with Crippen LogP contribution in [-0.4, -0.2) is 45.8 Å². The second-order valence-electron chi connectivity index (χ2n) is 6.78. The highest BCUT2D eigenvalue weighted by atomic mass is 35.5. The Hall–Kier alpha value is -1.66. The Morgan fingerprint density at radius 2 is 2.04 bits per heavy atom. The molecule has 5 nitrogen and oxygen atoms in total. The summed E-state index contributed by atoms with van der Waals surface area (Å²) in [5.74, 6) is 1.10. The molecule has 1 aromatic heterocycles. The minimum atomic E-state index is 0.0431. The van der Waals surface area contributed by atoms with Gasteiger partial charge in [0.2, 0.25) is 11.0 Å². The summed E-state index contributed by atoms with van der Waals surface area (Å²) in [6, 6.07) is 7.96. The van der Waals surface area contributed by atoms with E-state index in [1.165, 1.54) is 11.5 Å². The van der Waals surface area contributed by atoms with Crippen molar-refractivity contribution in [3.8, 4) is 0 Å². The molecule has 0 spiro atoms. The molecule has 1 atom stereocenters. The first kappa shape index (κ1) is 18.1. The Kier molecular flexibility index (Phi) is 5.59. The van der Waals surface area contributed by atoms with Crippen LogP contribution in [0.25, 0.3) is 0 Å². The van der Waals surface area contributed by atoms with Crippen molar-refractivity contribution in [2.45, 2.75) is 33.2 Å². The summed E-state index contributed by atoms with van der Waals surface area (Å²) in [5.41, 5.74) is 1.15. The van der Waals surface area contributed by atoms with E-state index in [0.29, 0.717) is 6.42 Å². The number of anilines is 1. The molecular weight excluding hydrogens is 356 g/mol. The van der Waals surface area contributed by atoms with Gasteiger partial charge < -0.3 is 9.80 Å². The first-order valence-corrected chi connectivity index (χ1v) is 9.71. The molecule has 134 valence electrons. The minimum absolute atomic E-state index is 0.0431. The Morgan fingerprint density at radius 3 is 2.68 bits per heavy atom. The fourth-order valence-electron chi connectivity index (χ4n) is 3.02. The van der Waals surface area contributed by atoms with Gasteiger partial charge in [-0.15, -0.1) is 0 Å². The van der Waals surface area contributed by atoms with Crippen molar-refractivity contribution in [1.82, 2.24) is 14.3 Å². The van der Waals surface area contributed by atoms with Crippen LogP contribution in [0.4, 0.5) is 5.13 Å². The summed E-state index contributed by atoms with van der Waals surface area (Å²) in [6.07, 6.45) is 0.703. The molecular formula is C18H23ClN4OS. The van der Waals surface area contributed by atoms with Crippen LogP contribution >= 0.6 is 23.1 Å². The average Bonchev–Trinajstić information content (AvgIpc) is 3.04. The van der Waals surface area contributed by atoms with Gasteiger partial charge in [0.25, 0.3) is 0 Å². The average molecular weight is 379 g/mol. The fraction of sp³-hybridized carbons (Fsp3) is 0.500. The molecule has 1 aliphatic heterocycles. The first-order chi connectivity index (χ1) is 11.9. The zero-order chi connectivity index (χ0) is 18.0. The second-order valence-corrected chi connectivity index (χ2v) is 7.94. The zero-order valence-corrected chi connectivity index (χ0v) is 16.3. The molecule has 25 heavy (non-hydrogen) atoms. The van der Waals surface area contributed by atoms with E-state index >= 15 is 0 Å². The summed E-state index contributed by atoms with van der Waals surface area (Å²) in [6.45, 7) is 8.35. The molecule has 0 saturated carbocycles. The van der Waals surface area contributed by atoms with Crippen LogP contribution < -0.4 is 4.90 Å². The van der Waals surface area contributed by atoms with E-state index in [9.17, 15) is 4.79 Å². The van der Waals surface area contributed by atoms with Crippen molar-refractivity contribution in [3.63, 3.8) is 0 Å². The van der Waals surface area contributed by atoms with Gasteiger partial charge in [-0.3, -0.25) is 4.79 Å². The third-order valence-corrected chi connectivity index (χ3v) is 5.47. The number of hydrogen-bond acceptors (Lipinski definition) is 5. The molecule has 1 aliphatic rings. The van der Waals surface area contributed by atoms with Gasteiger partial charge in [0.15, 0.2) is 0 Å². The molecule has 2 aromatic rings. The van der Waals surface area contributed by atoms with Crippen LogP contribution in [0.2, 0.25) is 5.02 Å². The van der Waals surface area contributed by atoms with E-state index in [-0.39, 0.29) is 17.9 Å². The third kappa shape index (κ3) is 4.30. The summed E-state index contributed by atoms with van der Waals surface area (Å²) in [7, 11) is 0. The molecule has 3 rings (SSSR count). The van der Waals surface area contributed by atoms with Crippen molar-refractivity contribution in [1.29, 1.82) is 0 Å². The maximum absolute atomic E-state index is 12.3. The third-order valence-electron chi connectivity index (χ3n) is 4.41. The quantitative estimate of drug-likeness (QED) is 0.817. The predicted molar refractivity (Wildman–Crippen MR) is 102 cm³/mol. The van der Waals surface area contributed by atoms with Gasteiger partial charge in [-0.1, -0.05) is 37.6 Å². The van der Waals surface area contributed by atoms with E-state index in [4.69, 9.17) is 11.6 Å². The molecule has 0 aliphatic carbocycles. The Bertz CT molecular complexity index is 731. The normalized spacial score (nSPS) is 18.0. The predicted octanol–water partition coefficient (Wildman–Crippen LogP) is 3.48. The topological polar surface area (TPSA) is 49.3 Å². The monoisotopic (exact) mass is 378 g/mol. The molecule has 0 bridgehead atoms. The molecule has 0 radical (unpaired) electrons. The number of hydrogen-bond donors (Lipinski definition) is 0.